The van der Waals surface area contributed by atoms with Gasteiger partial charge in [0.2, 0.25) is 0 Å². The first kappa shape index (κ1) is 14.4. The number of carboxylic acids is 1. The van der Waals surface area contributed by atoms with Crippen LogP contribution >= 0.6 is 0 Å². The van der Waals surface area contributed by atoms with Crippen molar-refractivity contribution in [1.82, 2.24) is 9.78 Å². The molecule has 1 aliphatic heterocycles. The number of aromatic nitrogens is 2. The van der Waals surface area contributed by atoms with Crippen molar-refractivity contribution in [1.29, 1.82) is 5.26 Å². The second-order valence-corrected chi connectivity index (χ2v) is 5.29. The Morgan fingerprint density at radius 1 is 1.55 bits per heavy atom. The van der Waals surface area contributed by atoms with E-state index < -0.39 is 5.97 Å². The van der Waals surface area contributed by atoms with Crippen molar-refractivity contribution in [3.05, 3.63) is 11.3 Å². The molecule has 1 aliphatic rings. The molecule has 2 heterocycles. The second-order valence-electron chi connectivity index (χ2n) is 5.29. The normalized spacial score (nSPS) is 18.9. The topological polar surface area (TPSA) is 82.2 Å². The Morgan fingerprint density at radius 2 is 2.30 bits per heavy atom. The van der Waals surface area contributed by atoms with Crippen LogP contribution in [0.25, 0.3) is 0 Å². The predicted octanol–water partition coefficient (Wildman–Crippen LogP) is 1.82. The smallest absolute Gasteiger partial charge is 0.303 e. The van der Waals surface area contributed by atoms with Gasteiger partial charge < -0.3 is 10.0 Å². The quantitative estimate of drug-likeness (QED) is 0.907. The number of carbonyl (C=O) groups is 1. The zero-order valence-electron chi connectivity index (χ0n) is 12.0. The monoisotopic (exact) mass is 276 g/mol. The van der Waals surface area contributed by atoms with Gasteiger partial charge in [0.15, 0.2) is 0 Å². The van der Waals surface area contributed by atoms with E-state index in [2.05, 4.69) is 16.1 Å². The number of nitriles is 1. The third kappa shape index (κ3) is 2.77. The number of carboxylic acid groups (broad SMARTS) is 1. The lowest BCUT2D eigenvalue weighted by atomic mass is 9.97. The maximum Gasteiger partial charge on any atom is 0.303 e. The largest absolute Gasteiger partial charge is 0.481 e. The minimum absolute atomic E-state index is 0.167. The summed E-state index contributed by atoms with van der Waals surface area (Å²) < 4.78 is 1.74. The van der Waals surface area contributed by atoms with Gasteiger partial charge in [-0.25, -0.2) is 0 Å². The van der Waals surface area contributed by atoms with Gasteiger partial charge in [0.05, 0.1) is 5.69 Å². The lowest BCUT2D eigenvalue weighted by molar-refractivity contribution is -0.137. The molecule has 0 spiro atoms. The molecule has 2 rings (SSSR count). The Morgan fingerprint density at radius 3 is 2.95 bits per heavy atom. The van der Waals surface area contributed by atoms with E-state index in [4.69, 9.17) is 5.11 Å². The minimum atomic E-state index is -0.766. The SMILES string of the molecule is Cc1nn(C)c(N2CCCCC2CCC(=O)O)c1C#N. The minimum Gasteiger partial charge on any atom is -0.481 e. The molecule has 1 atom stereocenters. The van der Waals surface area contributed by atoms with Crippen LogP contribution in [0.5, 0.6) is 0 Å². The Labute approximate surface area is 118 Å². The zero-order valence-corrected chi connectivity index (χ0v) is 12.0. The van der Waals surface area contributed by atoms with E-state index in [0.717, 1.165) is 37.3 Å². The fraction of sp³-hybridized carbons (Fsp3) is 0.643. The molecular weight excluding hydrogens is 256 g/mol. The van der Waals surface area contributed by atoms with E-state index in [9.17, 15) is 10.1 Å². The third-order valence-corrected chi connectivity index (χ3v) is 3.89. The number of aliphatic carboxylic acids is 1. The summed E-state index contributed by atoms with van der Waals surface area (Å²) >= 11 is 0. The van der Waals surface area contributed by atoms with Gasteiger partial charge in [-0.2, -0.15) is 10.4 Å². The summed E-state index contributed by atoms with van der Waals surface area (Å²) in [5, 5.41) is 22.5. The molecule has 1 aromatic rings. The van der Waals surface area contributed by atoms with Crippen LogP contribution in [0.2, 0.25) is 0 Å². The summed E-state index contributed by atoms with van der Waals surface area (Å²) in [7, 11) is 1.84. The van der Waals surface area contributed by atoms with Crippen molar-refractivity contribution in [3.63, 3.8) is 0 Å². The summed E-state index contributed by atoms with van der Waals surface area (Å²) in [5.74, 6) is 0.0669. The summed E-state index contributed by atoms with van der Waals surface area (Å²) in [6.07, 6.45) is 3.94. The summed E-state index contributed by atoms with van der Waals surface area (Å²) in [6.45, 7) is 2.69. The highest BCUT2D eigenvalue weighted by Crippen LogP contribution is 2.30. The van der Waals surface area contributed by atoms with Crippen LogP contribution < -0.4 is 4.90 Å². The number of hydrogen-bond acceptors (Lipinski definition) is 4. The maximum absolute atomic E-state index is 10.8. The molecule has 0 saturated carbocycles. The van der Waals surface area contributed by atoms with Crippen LogP contribution in [-0.2, 0) is 11.8 Å². The van der Waals surface area contributed by atoms with Gasteiger partial charge in [0.25, 0.3) is 0 Å². The Balaban J connectivity index is 2.28. The molecular formula is C14H20N4O2. The predicted molar refractivity (Wildman–Crippen MR) is 74.5 cm³/mol. The van der Waals surface area contributed by atoms with E-state index in [-0.39, 0.29) is 12.5 Å². The van der Waals surface area contributed by atoms with Crippen LogP contribution in [0, 0.1) is 18.3 Å². The Hall–Kier alpha value is -2.03. The van der Waals surface area contributed by atoms with Gasteiger partial charge >= 0.3 is 5.97 Å². The molecule has 108 valence electrons. The number of aryl methyl sites for hydroxylation is 2. The molecule has 0 amide bonds. The van der Waals surface area contributed by atoms with Gasteiger partial charge in [-0.15, -0.1) is 0 Å². The number of nitrogens with zero attached hydrogens (tertiary/aromatic N) is 4. The number of hydrogen-bond donors (Lipinski definition) is 1. The Kier molecular flexibility index (Phi) is 4.28. The average Bonchev–Trinajstić information content (AvgIpc) is 2.70. The standard InChI is InChI=1S/C14H20N4O2/c1-10-12(9-15)14(17(2)16-10)18-8-4-3-5-11(18)6-7-13(19)20/h11H,3-8H2,1-2H3,(H,19,20). The van der Waals surface area contributed by atoms with Crippen molar-refractivity contribution in [2.45, 2.75) is 45.1 Å². The number of rotatable bonds is 4. The van der Waals surface area contributed by atoms with Crippen molar-refractivity contribution < 1.29 is 9.90 Å². The molecule has 1 N–H and O–H groups in total. The second kappa shape index (κ2) is 5.95. The van der Waals surface area contributed by atoms with E-state index in [1.54, 1.807) is 4.68 Å². The highest BCUT2D eigenvalue weighted by atomic mass is 16.4. The fourth-order valence-corrected chi connectivity index (χ4v) is 2.98. The van der Waals surface area contributed by atoms with Crippen molar-refractivity contribution in [2.24, 2.45) is 7.05 Å². The molecule has 0 bridgehead atoms. The lowest BCUT2D eigenvalue weighted by Gasteiger charge is -2.37. The van der Waals surface area contributed by atoms with Gasteiger partial charge in [0, 0.05) is 26.1 Å². The lowest BCUT2D eigenvalue weighted by Crippen LogP contribution is -2.41. The molecule has 0 aromatic carbocycles. The van der Waals surface area contributed by atoms with Gasteiger partial charge in [-0.05, 0) is 32.6 Å². The van der Waals surface area contributed by atoms with Crippen molar-refractivity contribution >= 4 is 11.8 Å². The van der Waals surface area contributed by atoms with Crippen molar-refractivity contribution in [3.8, 4) is 6.07 Å². The molecule has 1 fully saturated rings. The Bertz CT molecular complexity index is 544. The van der Waals surface area contributed by atoms with Gasteiger partial charge in [-0.3, -0.25) is 9.48 Å². The van der Waals surface area contributed by atoms with Crippen LogP contribution in [0.4, 0.5) is 5.82 Å². The molecule has 6 heteroatoms. The number of piperidine rings is 1. The highest BCUT2D eigenvalue weighted by molar-refractivity contribution is 5.67. The van der Waals surface area contributed by atoms with Crippen LogP contribution in [-0.4, -0.2) is 33.4 Å². The van der Waals surface area contributed by atoms with Gasteiger partial charge in [-0.1, -0.05) is 0 Å². The van der Waals surface area contributed by atoms with E-state index in [0.29, 0.717) is 12.0 Å². The summed E-state index contributed by atoms with van der Waals surface area (Å²) in [6, 6.07) is 2.41. The van der Waals surface area contributed by atoms with Crippen LogP contribution in [0.3, 0.4) is 0 Å². The fourth-order valence-electron chi connectivity index (χ4n) is 2.98. The average molecular weight is 276 g/mol. The summed E-state index contributed by atoms with van der Waals surface area (Å²) in [4.78, 5) is 13.0. The van der Waals surface area contributed by atoms with E-state index in [1.165, 1.54) is 0 Å². The van der Waals surface area contributed by atoms with Gasteiger partial charge in [0.1, 0.15) is 17.5 Å². The van der Waals surface area contributed by atoms with Crippen molar-refractivity contribution in [2.75, 3.05) is 11.4 Å². The van der Waals surface area contributed by atoms with Crippen LogP contribution in [0.15, 0.2) is 0 Å². The molecule has 6 nitrogen and oxygen atoms in total. The first-order valence-electron chi connectivity index (χ1n) is 6.96. The first-order valence-corrected chi connectivity index (χ1v) is 6.96. The molecule has 1 unspecified atom stereocenters. The first-order chi connectivity index (χ1) is 9.54. The zero-order chi connectivity index (χ0) is 14.7. The highest BCUT2D eigenvalue weighted by Gasteiger charge is 2.28. The molecule has 20 heavy (non-hydrogen) atoms. The molecule has 0 radical (unpaired) electrons. The van der Waals surface area contributed by atoms with E-state index >= 15 is 0 Å². The van der Waals surface area contributed by atoms with Crippen LogP contribution in [0.1, 0.15) is 43.4 Å². The molecule has 1 saturated heterocycles. The maximum atomic E-state index is 10.8. The summed E-state index contributed by atoms with van der Waals surface area (Å²) in [5.41, 5.74) is 1.34. The molecule has 0 aliphatic carbocycles. The number of anilines is 1. The third-order valence-electron chi connectivity index (χ3n) is 3.89. The van der Waals surface area contributed by atoms with E-state index in [1.807, 2.05) is 14.0 Å². The molecule has 1 aromatic heterocycles.